The third-order valence-electron chi connectivity index (χ3n) is 4.13. The zero-order chi connectivity index (χ0) is 12.3. The summed E-state index contributed by atoms with van der Waals surface area (Å²) in [6.45, 7) is 6.25. The highest BCUT2D eigenvalue weighted by Gasteiger charge is 2.25. The van der Waals surface area contributed by atoms with Crippen LogP contribution in [-0.2, 0) is 4.79 Å². The maximum absolute atomic E-state index is 12.0. The molecule has 98 valence electrons. The minimum Gasteiger partial charge on any atom is -0.393 e. The van der Waals surface area contributed by atoms with E-state index in [0.717, 1.165) is 51.9 Å². The van der Waals surface area contributed by atoms with Gasteiger partial charge in [0.25, 0.3) is 0 Å². The highest BCUT2D eigenvalue weighted by molar-refractivity contribution is 5.78. The second-order valence-electron chi connectivity index (χ2n) is 5.44. The molecule has 0 spiro atoms. The number of aliphatic hydroxyl groups excluding tert-OH is 1. The van der Waals surface area contributed by atoms with Crippen LogP contribution >= 0.6 is 0 Å². The van der Waals surface area contributed by atoms with E-state index in [1.165, 1.54) is 0 Å². The summed E-state index contributed by atoms with van der Waals surface area (Å²) in [6, 6.07) is 0. The van der Waals surface area contributed by atoms with Crippen molar-refractivity contribution in [3.05, 3.63) is 0 Å². The van der Waals surface area contributed by atoms with Gasteiger partial charge in [0.15, 0.2) is 0 Å². The predicted molar refractivity (Wildman–Crippen MR) is 66.7 cm³/mol. The normalized spacial score (nSPS) is 25.2. The Morgan fingerprint density at radius 1 is 1.24 bits per heavy atom. The Labute approximate surface area is 104 Å². The molecular weight excluding hydrogens is 216 g/mol. The molecule has 1 atom stereocenters. The molecule has 2 saturated heterocycles. The zero-order valence-corrected chi connectivity index (χ0v) is 10.8. The number of hydrogen-bond acceptors (Lipinski definition) is 3. The smallest absolute Gasteiger partial charge is 0.236 e. The molecule has 1 amide bonds. The number of piperidine rings is 1. The minimum absolute atomic E-state index is 0.202. The average Bonchev–Trinajstić information content (AvgIpc) is 2.83. The third-order valence-corrected chi connectivity index (χ3v) is 4.13. The number of likely N-dealkylation sites (tertiary alicyclic amines) is 2. The Morgan fingerprint density at radius 2 is 1.82 bits per heavy atom. The van der Waals surface area contributed by atoms with E-state index < -0.39 is 0 Å². The summed E-state index contributed by atoms with van der Waals surface area (Å²) in [6.07, 6.45) is 4.16. The van der Waals surface area contributed by atoms with Crippen LogP contribution in [-0.4, -0.2) is 59.6 Å². The molecule has 2 heterocycles. The van der Waals surface area contributed by atoms with Crippen molar-refractivity contribution in [2.45, 2.75) is 38.7 Å². The fourth-order valence-electron chi connectivity index (χ4n) is 2.85. The van der Waals surface area contributed by atoms with Gasteiger partial charge in [-0.2, -0.15) is 0 Å². The lowest BCUT2D eigenvalue weighted by atomic mass is 9.92. The van der Waals surface area contributed by atoms with Crippen LogP contribution in [0.2, 0.25) is 0 Å². The van der Waals surface area contributed by atoms with E-state index >= 15 is 0 Å². The Bertz CT molecular complexity index is 254. The third kappa shape index (κ3) is 3.42. The molecule has 2 rings (SSSR count). The molecule has 17 heavy (non-hydrogen) atoms. The Morgan fingerprint density at radius 3 is 2.35 bits per heavy atom. The second kappa shape index (κ2) is 5.83. The standard InChI is InChI=1S/C13H24N2O2/c1-11(16)12-4-8-14(9-5-12)10-13(17)15-6-2-3-7-15/h11-12,16H,2-10H2,1H3. The summed E-state index contributed by atoms with van der Waals surface area (Å²) in [5.41, 5.74) is 0. The molecule has 0 aromatic carbocycles. The molecule has 1 N–H and O–H groups in total. The Kier molecular flexibility index (Phi) is 4.40. The molecule has 0 aliphatic carbocycles. The highest BCUT2D eigenvalue weighted by Crippen LogP contribution is 2.20. The summed E-state index contributed by atoms with van der Waals surface area (Å²) in [5, 5.41) is 9.52. The van der Waals surface area contributed by atoms with Crippen LogP contribution in [0.3, 0.4) is 0 Å². The predicted octanol–water partition coefficient (Wildman–Crippen LogP) is 0.702. The molecule has 2 aliphatic heterocycles. The maximum atomic E-state index is 12.0. The largest absolute Gasteiger partial charge is 0.393 e. The van der Waals surface area contributed by atoms with Crippen LogP contribution in [0.4, 0.5) is 0 Å². The van der Waals surface area contributed by atoms with E-state index in [1.54, 1.807) is 0 Å². The molecular formula is C13H24N2O2. The Hall–Kier alpha value is -0.610. The Balaban J connectivity index is 1.72. The van der Waals surface area contributed by atoms with E-state index in [-0.39, 0.29) is 12.0 Å². The number of amides is 1. The maximum Gasteiger partial charge on any atom is 0.236 e. The quantitative estimate of drug-likeness (QED) is 0.790. The number of aliphatic hydroxyl groups is 1. The summed E-state index contributed by atoms with van der Waals surface area (Å²) in [4.78, 5) is 16.2. The highest BCUT2D eigenvalue weighted by atomic mass is 16.3. The van der Waals surface area contributed by atoms with Crippen LogP contribution in [0.15, 0.2) is 0 Å². The molecule has 0 aromatic heterocycles. The number of rotatable bonds is 3. The molecule has 0 bridgehead atoms. The van der Waals surface area contributed by atoms with Gasteiger partial charge in [-0.15, -0.1) is 0 Å². The topological polar surface area (TPSA) is 43.8 Å². The van der Waals surface area contributed by atoms with Gasteiger partial charge in [-0.3, -0.25) is 9.69 Å². The van der Waals surface area contributed by atoms with Crippen molar-refractivity contribution in [3.63, 3.8) is 0 Å². The van der Waals surface area contributed by atoms with Crippen LogP contribution in [0.1, 0.15) is 32.6 Å². The van der Waals surface area contributed by atoms with Gasteiger partial charge >= 0.3 is 0 Å². The van der Waals surface area contributed by atoms with Crippen molar-refractivity contribution in [3.8, 4) is 0 Å². The van der Waals surface area contributed by atoms with Crippen LogP contribution in [0.25, 0.3) is 0 Å². The summed E-state index contributed by atoms with van der Waals surface area (Å²) in [5.74, 6) is 0.714. The SMILES string of the molecule is CC(O)C1CCN(CC(=O)N2CCCC2)CC1. The van der Waals surface area contributed by atoms with Crippen LogP contribution < -0.4 is 0 Å². The van der Waals surface area contributed by atoms with Crippen molar-refractivity contribution in [2.24, 2.45) is 5.92 Å². The minimum atomic E-state index is -0.202. The van der Waals surface area contributed by atoms with Crippen molar-refractivity contribution >= 4 is 5.91 Å². The second-order valence-corrected chi connectivity index (χ2v) is 5.44. The lowest BCUT2D eigenvalue weighted by molar-refractivity contribution is -0.131. The molecule has 0 saturated carbocycles. The van der Waals surface area contributed by atoms with Crippen LogP contribution in [0, 0.1) is 5.92 Å². The van der Waals surface area contributed by atoms with Crippen molar-refractivity contribution in [1.29, 1.82) is 0 Å². The van der Waals surface area contributed by atoms with Crippen molar-refractivity contribution in [2.75, 3.05) is 32.7 Å². The average molecular weight is 240 g/mol. The van der Waals surface area contributed by atoms with Gasteiger partial charge in [0.1, 0.15) is 0 Å². The van der Waals surface area contributed by atoms with Crippen molar-refractivity contribution < 1.29 is 9.90 Å². The number of carbonyl (C=O) groups is 1. The van der Waals surface area contributed by atoms with E-state index in [2.05, 4.69) is 4.90 Å². The lowest BCUT2D eigenvalue weighted by Gasteiger charge is -2.33. The van der Waals surface area contributed by atoms with E-state index in [4.69, 9.17) is 0 Å². The molecule has 1 unspecified atom stereocenters. The fraction of sp³-hybridized carbons (Fsp3) is 0.923. The first-order valence-corrected chi connectivity index (χ1v) is 6.85. The first-order valence-electron chi connectivity index (χ1n) is 6.85. The number of nitrogens with zero attached hydrogens (tertiary/aromatic N) is 2. The van der Waals surface area contributed by atoms with Gasteiger partial charge in [0.2, 0.25) is 5.91 Å². The van der Waals surface area contributed by atoms with E-state index in [1.807, 2.05) is 11.8 Å². The first-order chi connectivity index (χ1) is 8.16. The molecule has 2 aliphatic rings. The summed E-state index contributed by atoms with van der Waals surface area (Å²) < 4.78 is 0. The van der Waals surface area contributed by atoms with E-state index in [9.17, 15) is 9.90 Å². The first kappa shape index (κ1) is 12.8. The van der Waals surface area contributed by atoms with Crippen molar-refractivity contribution in [1.82, 2.24) is 9.80 Å². The van der Waals surface area contributed by atoms with Gasteiger partial charge in [0.05, 0.1) is 12.6 Å². The van der Waals surface area contributed by atoms with E-state index in [0.29, 0.717) is 12.5 Å². The molecule has 2 fully saturated rings. The number of hydrogen-bond donors (Lipinski definition) is 1. The van der Waals surface area contributed by atoms with Gasteiger partial charge in [-0.1, -0.05) is 0 Å². The zero-order valence-electron chi connectivity index (χ0n) is 10.8. The molecule has 4 nitrogen and oxygen atoms in total. The van der Waals surface area contributed by atoms with Gasteiger partial charge in [-0.25, -0.2) is 0 Å². The fourth-order valence-corrected chi connectivity index (χ4v) is 2.85. The monoisotopic (exact) mass is 240 g/mol. The van der Waals surface area contributed by atoms with Gasteiger partial charge in [-0.05, 0) is 51.6 Å². The summed E-state index contributed by atoms with van der Waals surface area (Å²) >= 11 is 0. The van der Waals surface area contributed by atoms with Crippen LogP contribution in [0.5, 0.6) is 0 Å². The molecule has 0 radical (unpaired) electrons. The molecule has 0 aromatic rings. The van der Waals surface area contributed by atoms with Gasteiger partial charge in [0, 0.05) is 13.1 Å². The summed E-state index contributed by atoms with van der Waals surface area (Å²) in [7, 11) is 0. The van der Waals surface area contributed by atoms with Gasteiger partial charge < -0.3 is 10.0 Å². The number of carbonyl (C=O) groups excluding carboxylic acids is 1. The molecule has 4 heteroatoms. The lowest BCUT2D eigenvalue weighted by Crippen LogP contribution is -2.43.